The van der Waals surface area contributed by atoms with Crippen molar-refractivity contribution in [2.75, 3.05) is 0 Å². The first-order chi connectivity index (χ1) is 7.72. The van der Waals surface area contributed by atoms with Crippen LogP contribution in [-0.2, 0) is 9.59 Å². The molecule has 1 aromatic carbocycles. The molecule has 0 bridgehead atoms. The van der Waals surface area contributed by atoms with Gasteiger partial charge in [0, 0.05) is 12.3 Å². The average molecular weight is 213 g/mol. The molecular weight excluding hydrogens is 202 g/mol. The predicted octanol–water partition coefficient (Wildman–Crippen LogP) is 1.84. The summed E-state index contributed by atoms with van der Waals surface area (Å²) in [5.74, 6) is -1.24. The van der Waals surface area contributed by atoms with Gasteiger partial charge < -0.3 is 0 Å². The Balaban J connectivity index is 2.35. The average Bonchev–Trinajstić information content (AvgIpc) is 2.29. The quantitative estimate of drug-likeness (QED) is 0.669. The molecule has 0 amide bonds. The maximum atomic E-state index is 11.6. The largest absolute Gasteiger partial charge is 0.299 e. The lowest BCUT2D eigenvalue weighted by atomic mass is 9.75. The van der Waals surface area contributed by atoms with E-state index in [4.69, 9.17) is 5.26 Å². The summed E-state index contributed by atoms with van der Waals surface area (Å²) in [4.78, 5) is 23.0. The van der Waals surface area contributed by atoms with E-state index in [1.165, 1.54) is 0 Å². The topological polar surface area (TPSA) is 57.9 Å². The van der Waals surface area contributed by atoms with E-state index in [1.54, 1.807) is 0 Å². The molecule has 1 aliphatic carbocycles. The Bertz CT molecular complexity index is 459. The van der Waals surface area contributed by atoms with Crippen molar-refractivity contribution in [1.29, 1.82) is 5.26 Å². The second-order valence-corrected chi connectivity index (χ2v) is 4.01. The van der Waals surface area contributed by atoms with Crippen LogP contribution in [0.2, 0.25) is 0 Å². The lowest BCUT2D eigenvalue weighted by molar-refractivity contribution is -0.132. The molecule has 1 fully saturated rings. The van der Waals surface area contributed by atoms with Crippen LogP contribution in [0.4, 0.5) is 0 Å². The van der Waals surface area contributed by atoms with Gasteiger partial charge in [-0.3, -0.25) is 9.59 Å². The van der Waals surface area contributed by atoms with Crippen LogP contribution in [0, 0.1) is 17.2 Å². The molecule has 0 unspecified atom stereocenters. The molecule has 1 aliphatic rings. The summed E-state index contributed by atoms with van der Waals surface area (Å²) in [6.45, 7) is 0. The Morgan fingerprint density at radius 2 is 1.88 bits per heavy atom. The Morgan fingerprint density at radius 3 is 2.50 bits per heavy atom. The number of carbonyl (C=O) groups excluding carboxylic acids is 2. The number of rotatable bonds is 1. The molecule has 3 nitrogen and oxygen atoms in total. The van der Waals surface area contributed by atoms with E-state index in [9.17, 15) is 9.59 Å². The highest BCUT2D eigenvalue weighted by Gasteiger charge is 2.36. The van der Waals surface area contributed by atoms with Gasteiger partial charge in [0.1, 0.15) is 11.7 Å². The van der Waals surface area contributed by atoms with Crippen molar-refractivity contribution >= 4 is 11.6 Å². The predicted molar refractivity (Wildman–Crippen MR) is 57.5 cm³/mol. The van der Waals surface area contributed by atoms with Crippen molar-refractivity contribution in [2.24, 2.45) is 5.92 Å². The number of ketones is 2. The molecule has 16 heavy (non-hydrogen) atoms. The molecule has 2 rings (SSSR count). The second kappa shape index (κ2) is 4.28. The van der Waals surface area contributed by atoms with Crippen molar-refractivity contribution in [2.45, 2.75) is 18.8 Å². The highest BCUT2D eigenvalue weighted by Crippen LogP contribution is 2.33. The number of nitrogens with zero attached hydrogens (tertiary/aromatic N) is 1. The highest BCUT2D eigenvalue weighted by molar-refractivity contribution is 6.04. The first-order valence-electron chi connectivity index (χ1n) is 5.21. The molecule has 2 atom stereocenters. The summed E-state index contributed by atoms with van der Waals surface area (Å²) in [5, 5.41) is 9.00. The maximum Gasteiger partial charge on any atom is 0.157 e. The fraction of sp³-hybridized carbons (Fsp3) is 0.308. The minimum Gasteiger partial charge on any atom is -0.299 e. The Morgan fingerprint density at radius 1 is 1.19 bits per heavy atom. The molecule has 0 heterocycles. The van der Waals surface area contributed by atoms with E-state index in [0.29, 0.717) is 6.42 Å². The SMILES string of the molecule is N#C[C@@H]1C(=O)CC(=O)C[C@@H]1c1ccccc1. The highest BCUT2D eigenvalue weighted by atomic mass is 16.1. The first-order valence-corrected chi connectivity index (χ1v) is 5.21. The van der Waals surface area contributed by atoms with Crippen LogP contribution in [-0.4, -0.2) is 11.6 Å². The number of carbonyl (C=O) groups is 2. The third-order valence-corrected chi connectivity index (χ3v) is 2.94. The molecule has 1 aromatic rings. The van der Waals surface area contributed by atoms with Gasteiger partial charge in [-0.05, 0) is 5.56 Å². The van der Waals surface area contributed by atoms with Gasteiger partial charge >= 0.3 is 0 Å². The molecule has 0 saturated heterocycles. The van der Waals surface area contributed by atoms with E-state index in [1.807, 2.05) is 36.4 Å². The van der Waals surface area contributed by atoms with E-state index < -0.39 is 5.92 Å². The number of hydrogen-bond donors (Lipinski definition) is 0. The van der Waals surface area contributed by atoms with Crippen LogP contribution in [0.1, 0.15) is 24.3 Å². The molecule has 3 heteroatoms. The lowest BCUT2D eigenvalue weighted by Gasteiger charge is -2.25. The standard InChI is InChI=1S/C13H11NO2/c14-8-12-11(6-10(15)7-13(12)16)9-4-2-1-3-5-9/h1-5,11-12H,6-7H2/t11-,12+/m1/s1. The van der Waals surface area contributed by atoms with Gasteiger partial charge in [0.2, 0.25) is 0 Å². The summed E-state index contributed by atoms with van der Waals surface area (Å²) in [7, 11) is 0. The summed E-state index contributed by atoms with van der Waals surface area (Å²) in [6, 6.07) is 11.3. The van der Waals surface area contributed by atoms with Gasteiger partial charge in [0.25, 0.3) is 0 Å². The Hall–Kier alpha value is -1.95. The zero-order valence-corrected chi connectivity index (χ0v) is 8.72. The van der Waals surface area contributed by atoms with Gasteiger partial charge in [-0.25, -0.2) is 0 Å². The van der Waals surface area contributed by atoms with Gasteiger partial charge in [-0.15, -0.1) is 0 Å². The second-order valence-electron chi connectivity index (χ2n) is 4.01. The molecule has 0 N–H and O–H groups in total. The summed E-state index contributed by atoms with van der Waals surface area (Å²) in [6.07, 6.45) is 0.218. The zero-order chi connectivity index (χ0) is 11.5. The van der Waals surface area contributed by atoms with Crippen LogP contribution in [0.25, 0.3) is 0 Å². The van der Waals surface area contributed by atoms with Crippen LogP contribution in [0.15, 0.2) is 30.3 Å². The van der Waals surface area contributed by atoms with Crippen LogP contribution in [0.3, 0.4) is 0 Å². The van der Waals surface area contributed by atoms with Crippen molar-refractivity contribution in [3.05, 3.63) is 35.9 Å². The molecular formula is C13H11NO2. The summed E-state index contributed by atoms with van der Waals surface area (Å²) >= 11 is 0. The van der Waals surface area contributed by atoms with Crippen LogP contribution < -0.4 is 0 Å². The van der Waals surface area contributed by atoms with E-state index in [2.05, 4.69) is 0 Å². The molecule has 0 aliphatic heterocycles. The third-order valence-electron chi connectivity index (χ3n) is 2.94. The summed E-state index contributed by atoms with van der Waals surface area (Å²) in [5.41, 5.74) is 0.899. The van der Waals surface area contributed by atoms with Crippen molar-refractivity contribution in [3.63, 3.8) is 0 Å². The summed E-state index contributed by atoms with van der Waals surface area (Å²) < 4.78 is 0. The van der Waals surface area contributed by atoms with Crippen molar-refractivity contribution < 1.29 is 9.59 Å². The number of hydrogen-bond acceptors (Lipinski definition) is 3. The third kappa shape index (κ3) is 1.87. The van der Waals surface area contributed by atoms with Gasteiger partial charge in [0.15, 0.2) is 5.78 Å². The minimum absolute atomic E-state index is 0.0645. The Kier molecular flexibility index (Phi) is 2.82. The number of Topliss-reactive ketones (excluding diaryl/α,β-unsaturated/α-hetero) is 2. The molecule has 0 aromatic heterocycles. The van der Waals surface area contributed by atoms with E-state index in [0.717, 1.165) is 5.56 Å². The smallest absolute Gasteiger partial charge is 0.157 e. The van der Waals surface area contributed by atoms with Gasteiger partial charge in [-0.1, -0.05) is 30.3 Å². The number of benzene rings is 1. The maximum absolute atomic E-state index is 11.6. The lowest BCUT2D eigenvalue weighted by Crippen LogP contribution is -2.30. The molecule has 80 valence electrons. The van der Waals surface area contributed by atoms with Crippen LogP contribution in [0.5, 0.6) is 0 Å². The molecule has 0 radical (unpaired) electrons. The fourth-order valence-electron chi connectivity index (χ4n) is 2.14. The van der Waals surface area contributed by atoms with Gasteiger partial charge in [0.05, 0.1) is 12.5 Å². The fourth-order valence-corrected chi connectivity index (χ4v) is 2.14. The molecule has 0 spiro atoms. The zero-order valence-electron chi connectivity index (χ0n) is 8.72. The normalized spacial score (nSPS) is 25.2. The minimum atomic E-state index is -0.667. The van der Waals surface area contributed by atoms with E-state index in [-0.39, 0.29) is 23.9 Å². The Labute approximate surface area is 93.7 Å². The molecule has 1 saturated carbocycles. The van der Waals surface area contributed by atoms with Crippen molar-refractivity contribution in [3.8, 4) is 6.07 Å². The van der Waals surface area contributed by atoms with Crippen molar-refractivity contribution in [1.82, 2.24) is 0 Å². The first kappa shape index (κ1) is 10.6. The van der Waals surface area contributed by atoms with Gasteiger partial charge in [-0.2, -0.15) is 5.26 Å². The van der Waals surface area contributed by atoms with Crippen LogP contribution >= 0.6 is 0 Å². The monoisotopic (exact) mass is 213 g/mol. The number of nitriles is 1. The van der Waals surface area contributed by atoms with E-state index >= 15 is 0 Å².